The highest BCUT2D eigenvalue weighted by molar-refractivity contribution is 6.02. The lowest BCUT2D eigenvalue weighted by molar-refractivity contribution is 0.102. The van der Waals surface area contributed by atoms with E-state index in [1.54, 1.807) is 19.1 Å². The van der Waals surface area contributed by atoms with Gasteiger partial charge in [-0.3, -0.25) is 4.79 Å². The van der Waals surface area contributed by atoms with Crippen LogP contribution < -0.4 is 5.32 Å². The Bertz CT molecular complexity index is 631. The van der Waals surface area contributed by atoms with Crippen molar-refractivity contribution in [1.29, 1.82) is 0 Å². The summed E-state index contributed by atoms with van der Waals surface area (Å²) in [5.41, 5.74) is 1.17. The van der Waals surface area contributed by atoms with Crippen molar-refractivity contribution in [2.24, 2.45) is 0 Å². The number of hydrogen-bond donors (Lipinski definition) is 1. The molecule has 0 saturated heterocycles. The van der Waals surface area contributed by atoms with Gasteiger partial charge in [-0.15, -0.1) is 0 Å². The zero-order valence-electron chi connectivity index (χ0n) is 10.8. The van der Waals surface area contributed by atoms with Gasteiger partial charge in [-0.2, -0.15) is 0 Å². The van der Waals surface area contributed by atoms with E-state index in [-0.39, 0.29) is 5.91 Å². The van der Waals surface area contributed by atoms with Crippen molar-refractivity contribution in [2.45, 2.75) is 32.6 Å². The standard InChI is InChI=1S/C13H14N4O2/c1-7-5-10(15-12(14-7)9-3-4-9)13(18)16-11-6-8(2)19-17-11/h5-6,9H,3-4H2,1-2H3,(H,16,17,18). The molecule has 0 radical (unpaired) electrons. The number of anilines is 1. The summed E-state index contributed by atoms with van der Waals surface area (Å²) in [6.07, 6.45) is 2.21. The van der Waals surface area contributed by atoms with Gasteiger partial charge in [0.1, 0.15) is 17.3 Å². The van der Waals surface area contributed by atoms with Crippen LogP contribution in [0.5, 0.6) is 0 Å². The minimum Gasteiger partial charge on any atom is -0.360 e. The molecule has 0 bridgehead atoms. The van der Waals surface area contributed by atoms with Crippen LogP contribution in [-0.4, -0.2) is 21.0 Å². The molecule has 19 heavy (non-hydrogen) atoms. The summed E-state index contributed by atoms with van der Waals surface area (Å²) in [4.78, 5) is 20.8. The predicted octanol–water partition coefficient (Wildman–Crippen LogP) is 2.21. The number of nitrogens with one attached hydrogen (secondary N) is 1. The van der Waals surface area contributed by atoms with Crippen LogP contribution in [0, 0.1) is 13.8 Å². The van der Waals surface area contributed by atoms with Crippen molar-refractivity contribution in [3.8, 4) is 0 Å². The first-order valence-electron chi connectivity index (χ1n) is 6.22. The van der Waals surface area contributed by atoms with Crippen LogP contribution in [0.15, 0.2) is 16.7 Å². The quantitative estimate of drug-likeness (QED) is 0.912. The summed E-state index contributed by atoms with van der Waals surface area (Å²) in [7, 11) is 0. The number of nitrogens with zero attached hydrogens (tertiary/aromatic N) is 3. The van der Waals surface area contributed by atoms with Gasteiger partial charge >= 0.3 is 0 Å². The molecular weight excluding hydrogens is 244 g/mol. The molecule has 6 heteroatoms. The fourth-order valence-electron chi connectivity index (χ4n) is 1.84. The van der Waals surface area contributed by atoms with Crippen LogP contribution in [0.25, 0.3) is 0 Å². The molecular formula is C13H14N4O2. The topological polar surface area (TPSA) is 80.9 Å². The second-order valence-electron chi connectivity index (χ2n) is 4.80. The molecule has 0 unspecified atom stereocenters. The molecule has 2 aromatic heterocycles. The number of hydrogen-bond acceptors (Lipinski definition) is 5. The number of amides is 1. The van der Waals surface area contributed by atoms with Crippen LogP contribution in [-0.2, 0) is 0 Å². The van der Waals surface area contributed by atoms with Gasteiger partial charge in [-0.25, -0.2) is 9.97 Å². The second kappa shape index (κ2) is 4.46. The summed E-state index contributed by atoms with van der Waals surface area (Å²) in [5.74, 6) is 1.93. The molecule has 1 N–H and O–H groups in total. The third-order valence-corrected chi connectivity index (χ3v) is 2.92. The van der Waals surface area contributed by atoms with Crippen molar-refractivity contribution in [3.05, 3.63) is 35.1 Å². The van der Waals surface area contributed by atoms with Gasteiger partial charge in [0, 0.05) is 17.7 Å². The zero-order chi connectivity index (χ0) is 13.4. The van der Waals surface area contributed by atoms with Gasteiger partial charge in [0.2, 0.25) is 0 Å². The highest BCUT2D eigenvalue weighted by Gasteiger charge is 2.27. The summed E-state index contributed by atoms with van der Waals surface area (Å²) in [6, 6.07) is 3.34. The van der Waals surface area contributed by atoms with Crippen molar-refractivity contribution in [1.82, 2.24) is 15.1 Å². The molecule has 2 aromatic rings. The maximum atomic E-state index is 12.1. The van der Waals surface area contributed by atoms with E-state index >= 15 is 0 Å². The van der Waals surface area contributed by atoms with Crippen molar-refractivity contribution < 1.29 is 9.32 Å². The summed E-state index contributed by atoms with van der Waals surface area (Å²) in [6.45, 7) is 3.63. The zero-order valence-corrected chi connectivity index (χ0v) is 10.8. The van der Waals surface area contributed by atoms with Crippen LogP contribution >= 0.6 is 0 Å². The summed E-state index contributed by atoms with van der Waals surface area (Å²) >= 11 is 0. The number of carbonyl (C=O) groups excluding carboxylic acids is 1. The van der Waals surface area contributed by atoms with Crippen LogP contribution in [0.3, 0.4) is 0 Å². The molecule has 6 nitrogen and oxygen atoms in total. The Balaban J connectivity index is 1.82. The average molecular weight is 258 g/mol. The molecule has 98 valence electrons. The molecule has 1 aliphatic carbocycles. The number of aromatic nitrogens is 3. The molecule has 1 fully saturated rings. The highest BCUT2D eigenvalue weighted by Crippen LogP contribution is 2.38. The fourth-order valence-corrected chi connectivity index (χ4v) is 1.84. The Morgan fingerprint density at radius 2 is 2.11 bits per heavy atom. The maximum absolute atomic E-state index is 12.1. The van der Waals surface area contributed by atoms with E-state index in [4.69, 9.17) is 4.52 Å². The monoisotopic (exact) mass is 258 g/mol. The first-order valence-corrected chi connectivity index (χ1v) is 6.22. The van der Waals surface area contributed by atoms with Crippen molar-refractivity contribution >= 4 is 11.7 Å². The largest absolute Gasteiger partial charge is 0.360 e. The summed E-state index contributed by atoms with van der Waals surface area (Å²) < 4.78 is 4.90. The van der Waals surface area contributed by atoms with Gasteiger partial charge < -0.3 is 9.84 Å². The number of rotatable bonds is 3. The molecule has 1 amide bonds. The molecule has 2 heterocycles. The molecule has 0 atom stereocenters. The van der Waals surface area contributed by atoms with E-state index in [1.165, 1.54) is 0 Å². The third kappa shape index (κ3) is 2.62. The van der Waals surface area contributed by atoms with E-state index in [9.17, 15) is 4.79 Å². The Morgan fingerprint density at radius 1 is 1.32 bits per heavy atom. The van der Waals surface area contributed by atoms with Crippen LogP contribution in [0.4, 0.5) is 5.82 Å². The third-order valence-electron chi connectivity index (χ3n) is 2.92. The van der Waals surface area contributed by atoms with Gasteiger partial charge in [0.25, 0.3) is 5.91 Å². The second-order valence-corrected chi connectivity index (χ2v) is 4.80. The Morgan fingerprint density at radius 3 is 2.74 bits per heavy atom. The minimum absolute atomic E-state index is 0.291. The lowest BCUT2D eigenvalue weighted by Gasteiger charge is -2.04. The van der Waals surface area contributed by atoms with E-state index in [0.717, 1.165) is 24.4 Å². The highest BCUT2D eigenvalue weighted by atomic mass is 16.5. The first kappa shape index (κ1) is 11.8. The first-order chi connectivity index (χ1) is 9.11. The Labute approximate surface area is 110 Å². The lowest BCUT2D eigenvalue weighted by Crippen LogP contribution is -2.15. The van der Waals surface area contributed by atoms with Crippen LogP contribution in [0.1, 0.15) is 46.5 Å². The molecule has 0 spiro atoms. The maximum Gasteiger partial charge on any atom is 0.275 e. The van der Waals surface area contributed by atoms with Crippen molar-refractivity contribution in [3.63, 3.8) is 0 Å². The molecule has 1 saturated carbocycles. The van der Waals surface area contributed by atoms with Gasteiger partial charge in [0.05, 0.1) is 0 Å². The fraction of sp³-hybridized carbons (Fsp3) is 0.385. The van der Waals surface area contributed by atoms with E-state index in [0.29, 0.717) is 23.2 Å². The average Bonchev–Trinajstić information content (AvgIpc) is 3.13. The summed E-state index contributed by atoms with van der Waals surface area (Å²) in [5, 5.41) is 6.38. The lowest BCUT2D eigenvalue weighted by atomic mass is 10.3. The normalized spacial score (nSPS) is 14.4. The minimum atomic E-state index is -0.291. The van der Waals surface area contributed by atoms with Gasteiger partial charge in [0.15, 0.2) is 5.82 Å². The molecule has 0 aromatic carbocycles. The SMILES string of the molecule is Cc1cc(C(=O)Nc2cc(C)on2)nc(C2CC2)n1. The smallest absolute Gasteiger partial charge is 0.275 e. The number of aryl methyl sites for hydroxylation is 2. The van der Waals surface area contributed by atoms with Gasteiger partial charge in [-0.05, 0) is 32.8 Å². The Hall–Kier alpha value is -2.24. The van der Waals surface area contributed by atoms with Crippen molar-refractivity contribution in [2.75, 3.05) is 5.32 Å². The van der Waals surface area contributed by atoms with E-state index in [2.05, 4.69) is 20.4 Å². The molecule has 1 aliphatic rings. The van der Waals surface area contributed by atoms with Crippen LogP contribution in [0.2, 0.25) is 0 Å². The molecule has 0 aliphatic heterocycles. The van der Waals surface area contributed by atoms with E-state index in [1.807, 2.05) is 6.92 Å². The van der Waals surface area contributed by atoms with Gasteiger partial charge in [-0.1, -0.05) is 5.16 Å². The number of carbonyl (C=O) groups is 1. The van der Waals surface area contributed by atoms with E-state index < -0.39 is 0 Å². The molecule has 3 rings (SSSR count). The Kier molecular flexibility index (Phi) is 2.77. The predicted molar refractivity (Wildman–Crippen MR) is 67.9 cm³/mol.